The first-order valence-electron chi connectivity index (χ1n) is 7.75. The van der Waals surface area contributed by atoms with Gasteiger partial charge in [0.1, 0.15) is 5.75 Å². The number of nitrogens with zero attached hydrogens (tertiary/aromatic N) is 1. The van der Waals surface area contributed by atoms with Crippen molar-refractivity contribution >= 4 is 11.6 Å². The van der Waals surface area contributed by atoms with Crippen molar-refractivity contribution in [1.82, 2.24) is 0 Å². The predicted octanol–water partition coefficient (Wildman–Crippen LogP) is 2.51. The lowest BCUT2D eigenvalue weighted by Gasteiger charge is -2.32. The summed E-state index contributed by atoms with van der Waals surface area (Å²) in [6.07, 6.45) is -0.0815. The van der Waals surface area contributed by atoms with Crippen molar-refractivity contribution in [2.24, 2.45) is 0 Å². The van der Waals surface area contributed by atoms with Gasteiger partial charge in [0.15, 0.2) is 11.5 Å². The van der Waals surface area contributed by atoms with Gasteiger partial charge in [0.05, 0.1) is 18.9 Å². The first-order chi connectivity index (χ1) is 11.7. The van der Waals surface area contributed by atoms with Crippen LogP contribution in [0.4, 0.5) is 5.69 Å². The van der Waals surface area contributed by atoms with Crippen molar-refractivity contribution in [1.29, 1.82) is 0 Å². The summed E-state index contributed by atoms with van der Waals surface area (Å²) in [7, 11) is 1.57. The number of anilines is 1. The highest BCUT2D eigenvalue weighted by atomic mass is 16.7. The minimum Gasteiger partial charge on any atom is -0.497 e. The van der Waals surface area contributed by atoms with E-state index in [1.807, 2.05) is 0 Å². The molecule has 0 radical (unpaired) electrons. The van der Waals surface area contributed by atoms with Gasteiger partial charge >= 0.3 is 0 Å². The number of rotatable bonds is 2. The van der Waals surface area contributed by atoms with E-state index >= 15 is 0 Å². The molecule has 0 saturated carbocycles. The molecule has 1 amide bonds. The number of methoxy groups -OCH3 is 1. The Morgan fingerprint density at radius 3 is 2.88 bits per heavy atom. The summed E-state index contributed by atoms with van der Waals surface area (Å²) in [5, 5.41) is 10.2. The normalized spacial score (nSPS) is 18.2. The zero-order chi connectivity index (χ0) is 16.7. The van der Waals surface area contributed by atoms with Crippen LogP contribution in [0.1, 0.15) is 28.4 Å². The number of ether oxygens (including phenoxy) is 3. The van der Waals surface area contributed by atoms with Gasteiger partial charge in [0.25, 0.3) is 5.91 Å². The second kappa shape index (κ2) is 5.72. The number of amides is 1. The number of aliphatic hydroxyl groups excluding tert-OH is 1. The van der Waals surface area contributed by atoms with Gasteiger partial charge in [-0.15, -0.1) is 0 Å². The molecule has 0 aromatic heterocycles. The monoisotopic (exact) mass is 327 g/mol. The quantitative estimate of drug-likeness (QED) is 0.918. The van der Waals surface area contributed by atoms with Crippen LogP contribution in [0.15, 0.2) is 36.4 Å². The van der Waals surface area contributed by atoms with E-state index in [0.717, 1.165) is 5.56 Å². The minimum absolute atomic E-state index is 0.144. The Kier molecular flexibility index (Phi) is 3.54. The van der Waals surface area contributed by atoms with Crippen molar-refractivity contribution in [3.05, 3.63) is 47.5 Å². The van der Waals surface area contributed by atoms with Crippen molar-refractivity contribution in [2.45, 2.75) is 12.5 Å². The summed E-state index contributed by atoms with van der Waals surface area (Å²) in [6.45, 7) is 0.609. The molecule has 6 heteroatoms. The van der Waals surface area contributed by atoms with Crippen LogP contribution >= 0.6 is 0 Å². The molecule has 1 unspecified atom stereocenters. The molecule has 124 valence electrons. The SMILES string of the molecule is COc1ccc2c(c1)N(C(=O)c1ccc3c(c1)OCO3)CCC2O. The molecular formula is C18H17NO5. The number of carbonyl (C=O) groups is 1. The lowest BCUT2D eigenvalue weighted by atomic mass is 9.97. The van der Waals surface area contributed by atoms with Crippen LogP contribution in [0.3, 0.4) is 0 Å². The third-order valence-electron chi connectivity index (χ3n) is 4.38. The number of fused-ring (bicyclic) bond motifs is 2. The van der Waals surface area contributed by atoms with Gasteiger partial charge in [-0.3, -0.25) is 4.79 Å². The Hall–Kier alpha value is -2.73. The highest BCUT2D eigenvalue weighted by Gasteiger charge is 2.29. The Bertz CT molecular complexity index is 804. The molecule has 24 heavy (non-hydrogen) atoms. The molecule has 4 rings (SSSR count). The van der Waals surface area contributed by atoms with E-state index in [4.69, 9.17) is 14.2 Å². The van der Waals surface area contributed by atoms with Crippen molar-refractivity contribution < 1.29 is 24.1 Å². The standard InChI is InChI=1S/C18H17NO5/c1-22-12-3-4-13-14(9-12)19(7-6-15(13)20)18(21)11-2-5-16-17(8-11)24-10-23-16/h2-5,8-9,15,20H,6-7,10H2,1H3. The fourth-order valence-electron chi connectivity index (χ4n) is 3.09. The zero-order valence-electron chi connectivity index (χ0n) is 13.2. The van der Waals surface area contributed by atoms with Crippen LogP contribution in [0.2, 0.25) is 0 Å². The van der Waals surface area contributed by atoms with E-state index in [2.05, 4.69) is 0 Å². The Balaban J connectivity index is 1.72. The third kappa shape index (κ3) is 2.35. The molecule has 0 bridgehead atoms. The van der Waals surface area contributed by atoms with Crippen molar-refractivity contribution in [3.8, 4) is 17.2 Å². The van der Waals surface area contributed by atoms with E-state index in [1.54, 1.807) is 48.4 Å². The van der Waals surface area contributed by atoms with Gasteiger partial charge in [-0.1, -0.05) is 6.07 Å². The molecule has 6 nitrogen and oxygen atoms in total. The average molecular weight is 327 g/mol. The molecule has 0 saturated heterocycles. The van der Waals surface area contributed by atoms with Gasteiger partial charge in [0.2, 0.25) is 6.79 Å². The van der Waals surface area contributed by atoms with Crippen molar-refractivity contribution in [2.75, 3.05) is 25.3 Å². The number of carbonyl (C=O) groups excluding carboxylic acids is 1. The van der Waals surface area contributed by atoms with E-state index in [9.17, 15) is 9.90 Å². The molecule has 2 aliphatic heterocycles. The molecule has 0 spiro atoms. The summed E-state index contributed by atoms with van der Waals surface area (Å²) in [5.74, 6) is 1.72. The summed E-state index contributed by atoms with van der Waals surface area (Å²) >= 11 is 0. The second-order valence-corrected chi connectivity index (χ2v) is 5.75. The summed E-state index contributed by atoms with van der Waals surface area (Å²) in [4.78, 5) is 14.6. The fourth-order valence-corrected chi connectivity index (χ4v) is 3.09. The Morgan fingerprint density at radius 2 is 2.04 bits per heavy atom. The lowest BCUT2D eigenvalue weighted by molar-refractivity contribution is 0.0970. The number of benzene rings is 2. The maximum absolute atomic E-state index is 13.0. The van der Waals surface area contributed by atoms with Crippen LogP contribution in [0.25, 0.3) is 0 Å². The fraction of sp³-hybridized carbons (Fsp3) is 0.278. The van der Waals surface area contributed by atoms with Crippen LogP contribution in [-0.4, -0.2) is 31.5 Å². The van der Waals surface area contributed by atoms with Gasteiger partial charge in [-0.2, -0.15) is 0 Å². The highest BCUT2D eigenvalue weighted by Crippen LogP contribution is 2.38. The largest absolute Gasteiger partial charge is 0.497 e. The maximum Gasteiger partial charge on any atom is 0.258 e. The molecule has 0 fully saturated rings. The molecule has 2 heterocycles. The maximum atomic E-state index is 13.0. The highest BCUT2D eigenvalue weighted by molar-refractivity contribution is 6.07. The van der Waals surface area contributed by atoms with E-state index in [1.165, 1.54) is 0 Å². The summed E-state index contributed by atoms with van der Waals surface area (Å²) in [5.41, 5.74) is 1.93. The Morgan fingerprint density at radius 1 is 1.21 bits per heavy atom. The molecule has 2 aromatic carbocycles. The molecular weight excluding hydrogens is 310 g/mol. The summed E-state index contributed by atoms with van der Waals surface area (Å²) < 4.78 is 15.9. The number of hydrogen-bond acceptors (Lipinski definition) is 5. The van der Waals surface area contributed by atoms with Gasteiger partial charge < -0.3 is 24.2 Å². The molecule has 2 aromatic rings. The molecule has 1 N–H and O–H groups in total. The van der Waals surface area contributed by atoms with Crippen LogP contribution in [-0.2, 0) is 0 Å². The van der Waals surface area contributed by atoms with E-state index in [-0.39, 0.29) is 12.7 Å². The lowest BCUT2D eigenvalue weighted by Crippen LogP contribution is -2.36. The van der Waals surface area contributed by atoms with Crippen molar-refractivity contribution in [3.63, 3.8) is 0 Å². The van der Waals surface area contributed by atoms with E-state index < -0.39 is 6.10 Å². The molecule has 0 aliphatic carbocycles. The summed E-state index contributed by atoms with van der Waals surface area (Å²) in [6, 6.07) is 10.5. The number of aliphatic hydroxyl groups is 1. The third-order valence-corrected chi connectivity index (χ3v) is 4.38. The van der Waals surface area contributed by atoms with E-state index in [0.29, 0.717) is 41.5 Å². The van der Waals surface area contributed by atoms with Crippen LogP contribution in [0, 0.1) is 0 Å². The van der Waals surface area contributed by atoms with Crippen LogP contribution in [0.5, 0.6) is 17.2 Å². The first kappa shape index (κ1) is 14.8. The second-order valence-electron chi connectivity index (χ2n) is 5.75. The minimum atomic E-state index is -0.577. The molecule has 2 aliphatic rings. The Labute approximate surface area is 139 Å². The topological polar surface area (TPSA) is 68.2 Å². The number of hydrogen-bond donors (Lipinski definition) is 1. The smallest absolute Gasteiger partial charge is 0.258 e. The zero-order valence-corrected chi connectivity index (χ0v) is 13.2. The predicted molar refractivity (Wildman–Crippen MR) is 86.8 cm³/mol. The first-order valence-corrected chi connectivity index (χ1v) is 7.75. The van der Waals surface area contributed by atoms with Gasteiger partial charge in [-0.05, 0) is 30.7 Å². The van der Waals surface area contributed by atoms with Gasteiger partial charge in [-0.25, -0.2) is 0 Å². The molecule has 1 atom stereocenters. The average Bonchev–Trinajstić information content (AvgIpc) is 3.09. The van der Waals surface area contributed by atoms with Crippen LogP contribution < -0.4 is 19.1 Å². The van der Waals surface area contributed by atoms with Gasteiger partial charge in [0, 0.05) is 23.7 Å².